The number of hydrogen-bond acceptors (Lipinski definition) is 5. The van der Waals surface area contributed by atoms with Crippen molar-refractivity contribution >= 4 is 34.7 Å². The molecule has 1 heterocycles. The van der Waals surface area contributed by atoms with Crippen LogP contribution in [0.15, 0.2) is 36.4 Å². The number of fused-ring (bicyclic) bond motifs is 1. The van der Waals surface area contributed by atoms with Gasteiger partial charge in [-0.05, 0) is 30.7 Å². The highest BCUT2D eigenvalue weighted by molar-refractivity contribution is 6.33. The van der Waals surface area contributed by atoms with E-state index in [2.05, 4.69) is 14.8 Å². The van der Waals surface area contributed by atoms with Crippen molar-refractivity contribution in [3.05, 3.63) is 41.4 Å². The molecular weight excluding hydrogens is 418 g/mol. The summed E-state index contributed by atoms with van der Waals surface area (Å²) in [5, 5.41) is 10.6. The second-order valence-corrected chi connectivity index (χ2v) is 7.59. The maximum absolute atomic E-state index is 13.2. The van der Waals surface area contributed by atoms with Crippen molar-refractivity contribution in [1.29, 1.82) is 5.41 Å². The monoisotopic (exact) mass is 436 g/mol. The average molecular weight is 437 g/mol. The van der Waals surface area contributed by atoms with E-state index in [0.717, 1.165) is 0 Å². The van der Waals surface area contributed by atoms with E-state index in [1.807, 2.05) is 0 Å². The van der Waals surface area contributed by atoms with Crippen LogP contribution in [0.4, 0.5) is 14.5 Å². The van der Waals surface area contributed by atoms with Gasteiger partial charge in [0.15, 0.2) is 17.3 Å². The van der Waals surface area contributed by atoms with Gasteiger partial charge < -0.3 is 20.2 Å². The third-order valence-electron chi connectivity index (χ3n) is 4.50. The van der Waals surface area contributed by atoms with E-state index in [0.29, 0.717) is 16.8 Å². The first-order chi connectivity index (χ1) is 14.0. The Morgan fingerprint density at radius 1 is 1.10 bits per heavy atom. The van der Waals surface area contributed by atoms with Crippen molar-refractivity contribution in [2.24, 2.45) is 11.8 Å². The summed E-state index contributed by atoms with van der Waals surface area (Å²) in [5.74, 6) is -2.75. The first-order valence-electron chi connectivity index (χ1n) is 9.08. The quantitative estimate of drug-likeness (QED) is 0.484. The summed E-state index contributed by atoms with van der Waals surface area (Å²) < 4.78 is 35.3. The molecule has 2 N–H and O–H groups in total. The van der Waals surface area contributed by atoms with Crippen LogP contribution < -0.4 is 14.8 Å². The molecule has 0 aliphatic carbocycles. The number of benzene rings is 2. The van der Waals surface area contributed by atoms with E-state index in [9.17, 15) is 18.4 Å². The van der Waals surface area contributed by atoms with Crippen LogP contribution in [0.2, 0.25) is 5.02 Å². The largest absolute Gasteiger partial charge is 0.586 e. The van der Waals surface area contributed by atoms with E-state index in [4.69, 9.17) is 17.0 Å². The fourth-order valence-corrected chi connectivity index (χ4v) is 3.28. The summed E-state index contributed by atoms with van der Waals surface area (Å²) >= 11 is 6.19. The van der Waals surface area contributed by atoms with Crippen LogP contribution in [0.3, 0.4) is 0 Å². The van der Waals surface area contributed by atoms with Gasteiger partial charge in [0.1, 0.15) is 5.92 Å². The predicted molar refractivity (Wildman–Crippen MR) is 108 cm³/mol. The normalized spacial score (nSPS) is 15.0. The standard InChI is InChI=1S/C21H19ClF2N2O4/c1-10(2)19(27)18(11(3)25)20(28)26-13-6-4-12(5-7-13)14-8-16-17(9-15(14)22)30-21(23,24)29-16/h4-10,18,25H,1-3H3,(H,26,28). The molecule has 0 radical (unpaired) electrons. The van der Waals surface area contributed by atoms with E-state index < -0.39 is 18.1 Å². The summed E-state index contributed by atoms with van der Waals surface area (Å²) in [7, 11) is 0. The zero-order chi connectivity index (χ0) is 22.2. The smallest absolute Gasteiger partial charge is 0.395 e. The van der Waals surface area contributed by atoms with Gasteiger partial charge in [-0.15, -0.1) is 8.78 Å². The second kappa shape index (κ2) is 8.02. The van der Waals surface area contributed by atoms with E-state index >= 15 is 0 Å². The maximum atomic E-state index is 13.2. The van der Waals surface area contributed by atoms with Gasteiger partial charge in [-0.3, -0.25) is 9.59 Å². The molecule has 0 spiro atoms. The minimum Gasteiger partial charge on any atom is -0.395 e. The summed E-state index contributed by atoms with van der Waals surface area (Å²) in [4.78, 5) is 24.7. The number of carbonyl (C=O) groups is 2. The number of hydrogen-bond donors (Lipinski definition) is 2. The number of ether oxygens (including phenoxy) is 2. The van der Waals surface area contributed by atoms with Crippen LogP contribution in [0.5, 0.6) is 11.5 Å². The van der Waals surface area contributed by atoms with E-state index in [1.54, 1.807) is 38.1 Å². The van der Waals surface area contributed by atoms with Gasteiger partial charge in [-0.1, -0.05) is 37.6 Å². The number of amides is 1. The Balaban J connectivity index is 1.80. The fraction of sp³-hybridized carbons (Fsp3) is 0.286. The Bertz CT molecular complexity index is 1020. The van der Waals surface area contributed by atoms with Crippen LogP contribution in [0.25, 0.3) is 11.1 Å². The minimum atomic E-state index is -3.74. The molecule has 0 aromatic heterocycles. The van der Waals surface area contributed by atoms with Crippen LogP contribution in [-0.2, 0) is 9.59 Å². The molecule has 3 rings (SSSR count). The van der Waals surface area contributed by atoms with Gasteiger partial charge >= 0.3 is 6.29 Å². The van der Waals surface area contributed by atoms with Crippen molar-refractivity contribution in [2.45, 2.75) is 27.1 Å². The van der Waals surface area contributed by atoms with Gasteiger partial charge in [-0.25, -0.2) is 0 Å². The zero-order valence-electron chi connectivity index (χ0n) is 16.4. The average Bonchev–Trinajstić information content (AvgIpc) is 2.94. The molecule has 30 heavy (non-hydrogen) atoms. The first-order valence-corrected chi connectivity index (χ1v) is 9.46. The van der Waals surface area contributed by atoms with Gasteiger partial charge in [0.2, 0.25) is 5.91 Å². The lowest BCUT2D eigenvalue weighted by Gasteiger charge is -2.17. The molecule has 1 atom stereocenters. The van der Waals surface area contributed by atoms with Gasteiger partial charge in [0.25, 0.3) is 0 Å². The number of anilines is 1. The molecular formula is C21H19ClF2N2O4. The molecule has 0 fully saturated rings. The number of Topliss-reactive ketones (excluding diaryl/α,β-unsaturated/α-hetero) is 1. The topological polar surface area (TPSA) is 88.5 Å². The van der Waals surface area contributed by atoms with Crippen molar-refractivity contribution in [3.8, 4) is 22.6 Å². The highest BCUT2D eigenvalue weighted by Crippen LogP contribution is 2.46. The molecule has 1 unspecified atom stereocenters. The fourth-order valence-electron chi connectivity index (χ4n) is 3.01. The molecule has 1 aliphatic rings. The molecule has 0 saturated heterocycles. The lowest BCUT2D eigenvalue weighted by molar-refractivity contribution is -0.286. The highest BCUT2D eigenvalue weighted by Gasteiger charge is 2.43. The molecule has 2 aromatic carbocycles. The Hall–Kier alpha value is -3.00. The van der Waals surface area contributed by atoms with Gasteiger partial charge in [0, 0.05) is 28.9 Å². The lowest BCUT2D eigenvalue weighted by atomic mass is 9.91. The molecule has 9 heteroatoms. The zero-order valence-corrected chi connectivity index (χ0v) is 17.1. The second-order valence-electron chi connectivity index (χ2n) is 7.19. The molecule has 0 bridgehead atoms. The first kappa shape index (κ1) is 21.7. The van der Waals surface area contributed by atoms with E-state index in [-0.39, 0.29) is 33.9 Å². The number of alkyl halides is 2. The SMILES string of the molecule is CC(=N)C(C(=O)Nc1ccc(-c2cc3c(cc2Cl)OC(F)(F)O3)cc1)C(=O)C(C)C. The molecule has 1 aliphatic heterocycles. The Labute approximate surface area is 176 Å². The molecule has 2 aromatic rings. The van der Waals surface area contributed by atoms with Gasteiger partial charge in [0.05, 0.1) is 5.02 Å². The van der Waals surface area contributed by atoms with Crippen LogP contribution in [0.1, 0.15) is 20.8 Å². The highest BCUT2D eigenvalue weighted by atomic mass is 35.5. The van der Waals surface area contributed by atoms with Crippen LogP contribution in [-0.4, -0.2) is 23.7 Å². The van der Waals surface area contributed by atoms with Crippen molar-refractivity contribution in [3.63, 3.8) is 0 Å². The van der Waals surface area contributed by atoms with Gasteiger partial charge in [-0.2, -0.15) is 0 Å². The van der Waals surface area contributed by atoms with Crippen LogP contribution in [0, 0.1) is 17.2 Å². The van der Waals surface area contributed by atoms with Crippen LogP contribution >= 0.6 is 11.6 Å². The Morgan fingerprint density at radius 2 is 1.67 bits per heavy atom. The number of nitrogens with one attached hydrogen (secondary N) is 2. The predicted octanol–water partition coefficient (Wildman–Crippen LogP) is 5.15. The third kappa shape index (κ3) is 4.43. The summed E-state index contributed by atoms with van der Waals surface area (Å²) in [6.45, 7) is 4.76. The van der Waals surface area contributed by atoms with Crippen molar-refractivity contribution < 1.29 is 27.8 Å². The maximum Gasteiger partial charge on any atom is 0.586 e. The third-order valence-corrected chi connectivity index (χ3v) is 4.82. The summed E-state index contributed by atoms with van der Waals surface area (Å²) in [5.41, 5.74) is 1.41. The molecule has 6 nitrogen and oxygen atoms in total. The lowest BCUT2D eigenvalue weighted by Crippen LogP contribution is -2.36. The Kier molecular flexibility index (Phi) is 5.81. The number of halogens is 3. The number of carbonyl (C=O) groups excluding carboxylic acids is 2. The summed E-state index contributed by atoms with van der Waals surface area (Å²) in [6, 6.07) is 9.03. The van der Waals surface area contributed by atoms with Crippen molar-refractivity contribution in [1.82, 2.24) is 0 Å². The van der Waals surface area contributed by atoms with Crippen molar-refractivity contribution in [2.75, 3.05) is 5.32 Å². The molecule has 1 amide bonds. The Morgan fingerprint density at radius 3 is 2.20 bits per heavy atom. The number of rotatable bonds is 6. The summed E-state index contributed by atoms with van der Waals surface area (Å²) in [6.07, 6.45) is -3.74. The molecule has 0 saturated carbocycles. The minimum absolute atomic E-state index is 0.0354. The van der Waals surface area contributed by atoms with E-state index in [1.165, 1.54) is 19.1 Å². The number of ketones is 1. The molecule has 158 valence electrons.